The first-order valence-corrected chi connectivity index (χ1v) is 7.47. The summed E-state index contributed by atoms with van der Waals surface area (Å²) in [6, 6.07) is 12.5. The molecule has 0 fully saturated rings. The Kier molecular flexibility index (Phi) is 4.56. The van der Waals surface area contributed by atoms with Gasteiger partial charge in [-0.2, -0.15) is 0 Å². The topological polar surface area (TPSA) is 26.0 Å². The minimum atomic E-state index is 0.0122. The summed E-state index contributed by atoms with van der Waals surface area (Å²) in [5, 5.41) is 0.762. The van der Waals surface area contributed by atoms with E-state index in [0.717, 1.165) is 15.5 Å². The molecule has 2 N–H and O–H groups in total. The van der Waals surface area contributed by atoms with Gasteiger partial charge >= 0.3 is 0 Å². The molecule has 3 heteroatoms. The van der Waals surface area contributed by atoms with E-state index in [4.69, 9.17) is 17.3 Å². The van der Waals surface area contributed by atoms with Crippen LogP contribution in [0.5, 0.6) is 0 Å². The molecule has 0 saturated heterocycles. The molecule has 0 aromatic heterocycles. The monoisotopic (exact) mass is 291 g/mol. The van der Waals surface area contributed by atoms with Crippen molar-refractivity contribution in [2.45, 2.75) is 36.6 Å². The van der Waals surface area contributed by atoms with E-state index >= 15 is 0 Å². The SMILES string of the molecule is Cc1ccc(Sc2ccc([C@H](C)N)cc2Cl)cc1C. The fourth-order valence-corrected chi connectivity index (χ4v) is 3.01. The van der Waals surface area contributed by atoms with Crippen LogP contribution in [0.15, 0.2) is 46.2 Å². The van der Waals surface area contributed by atoms with Gasteiger partial charge in [0.1, 0.15) is 0 Å². The maximum atomic E-state index is 6.32. The first kappa shape index (κ1) is 14.4. The second kappa shape index (κ2) is 6.00. The van der Waals surface area contributed by atoms with E-state index in [1.807, 2.05) is 25.1 Å². The summed E-state index contributed by atoms with van der Waals surface area (Å²) < 4.78 is 0. The van der Waals surface area contributed by atoms with E-state index < -0.39 is 0 Å². The number of hydrogen-bond donors (Lipinski definition) is 1. The fraction of sp³-hybridized carbons (Fsp3) is 0.250. The molecule has 0 heterocycles. The molecule has 1 nitrogen and oxygen atoms in total. The smallest absolute Gasteiger partial charge is 0.0548 e. The van der Waals surface area contributed by atoms with Gasteiger partial charge in [-0.15, -0.1) is 0 Å². The van der Waals surface area contributed by atoms with Crippen LogP contribution in [0, 0.1) is 13.8 Å². The van der Waals surface area contributed by atoms with Crippen LogP contribution < -0.4 is 5.73 Å². The zero-order chi connectivity index (χ0) is 14.0. The third-order valence-electron chi connectivity index (χ3n) is 3.19. The standard InChI is InChI=1S/C16H18ClNS/c1-10-4-6-14(8-11(10)2)19-16-7-5-13(12(3)18)9-15(16)17/h4-9,12H,18H2,1-3H3/t12-/m0/s1. The highest BCUT2D eigenvalue weighted by Crippen LogP contribution is 2.35. The molecular formula is C16H18ClNS. The number of halogens is 1. The van der Waals surface area contributed by atoms with Crippen LogP contribution in [0.1, 0.15) is 29.7 Å². The van der Waals surface area contributed by atoms with Crippen molar-refractivity contribution in [1.29, 1.82) is 0 Å². The largest absolute Gasteiger partial charge is 0.324 e. The molecule has 1 atom stereocenters. The van der Waals surface area contributed by atoms with Gasteiger partial charge in [-0.25, -0.2) is 0 Å². The first-order valence-electron chi connectivity index (χ1n) is 6.27. The number of benzene rings is 2. The van der Waals surface area contributed by atoms with Crippen molar-refractivity contribution in [2.75, 3.05) is 0 Å². The lowest BCUT2D eigenvalue weighted by Gasteiger charge is -2.10. The zero-order valence-corrected chi connectivity index (χ0v) is 13.0. The zero-order valence-electron chi connectivity index (χ0n) is 11.4. The molecule has 100 valence electrons. The lowest BCUT2D eigenvalue weighted by atomic mass is 10.1. The van der Waals surface area contributed by atoms with Gasteiger partial charge in [0.2, 0.25) is 0 Å². The normalized spacial score (nSPS) is 12.5. The maximum absolute atomic E-state index is 6.32. The fourth-order valence-electron chi connectivity index (χ4n) is 1.79. The van der Waals surface area contributed by atoms with Gasteiger partial charge in [-0.05, 0) is 61.7 Å². The molecule has 0 aliphatic rings. The Morgan fingerprint density at radius 3 is 2.37 bits per heavy atom. The Balaban J connectivity index is 2.25. The van der Waals surface area contributed by atoms with Crippen LogP contribution in [0.3, 0.4) is 0 Å². The molecule has 2 rings (SSSR count). The van der Waals surface area contributed by atoms with Crippen LogP contribution in [0.2, 0.25) is 5.02 Å². The quantitative estimate of drug-likeness (QED) is 0.848. The number of aryl methyl sites for hydroxylation is 2. The van der Waals surface area contributed by atoms with Gasteiger partial charge in [0.25, 0.3) is 0 Å². The van der Waals surface area contributed by atoms with Crippen LogP contribution in [0.25, 0.3) is 0 Å². The number of rotatable bonds is 3. The molecule has 0 aliphatic carbocycles. The molecule has 0 radical (unpaired) electrons. The van der Waals surface area contributed by atoms with E-state index in [2.05, 4.69) is 32.0 Å². The summed E-state index contributed by atoms with van der Waals surface area (Å²) in [7, 11) is 0. The maximum Gasteiger partial charge on any atom is 0.0548 e. The summed E-state index contributed by atoms with van der Waals surface area (Å²) in [5.74, 6) is 0. The molecule has 2 aromatic carbocycles. The Bertz CT molecular complexity index is 593. The molecule has 0 aliphatic heterocycles. The molecule has 2 aromatic rings. The number of hydrogen-bond acceptors (Lipinski definition) is 2. The van der Waals surface area contributed by atoms with Crippen LogP contribution in [-0.4, -0.2) is 0 Å². The molecule has 19 heavy (non-hydrogen) atoms. The molecule has 0 saturated carbocycles. The average molecular weight is 292 g/mol. The molecule has 0 amide bonds. The summed E-state index contributed by atoms with van der Waals surface area (Å²) in [5.41, 5.74) is 9.53. The van der Waals surface area contributed by atoms with E-state index in [-0.39, 0.29) is 6.04 Å². The van der Waals surface area contributed by atoms with E-state index in [1.54, 1.807) is 11.8 Å². The van der Waals surface area contributed by atoms with Crippen molar-refractivity contribution in [1.82, 2.24) is 0 Å². The summed E-state index contributed by atoms with van der Waals surface area (Å²) >= 11 is 8.00. The molecule has 0 unspecified atom stereocenters. The van der Waals surface area contributed by atoms with Gasteiger partial charge in [0, 0.05) is 15.8 Å². The van der Waals surface area contributed by atoms with Gasteiger partial charge < -0.3 is 5.73 Å². The van der Waals surface area contributed by atoms with Crippen LogP contribution >= 0.6 is 23.4 Å². The highest BCUT2D eigenvalue weighted by Gasteiger charge is 2.07. The van der Waals surface area contributed by atoms with Gasteiger partial charge in [-0.1, -0.05) is 35.5 Å². The van der Waals surface area contributed by atoms with Crippen LogP contribution in [0.4, 0.5) is 0 Å². The van der Waals surface area contributed by atoms with E-state index in [0.29, 0.717) is 0 Å². The second-order valence-electron chi connectivity index (χ2n) is 4.83. The van der Waals surface area contributed by atoms with Gasteiger partial charge in [-0.3, -0.25) is 0 Å². The van der Waals surface area contributed by atoms with Crippen molar-refractivity contribution in [3.8, 4) is 0 Å². The van der Waals surface area contributed by atoms with Crippen molar-refractivity contribution in [3.63, 3.8) is 0 Å². The first-order chi connectivity index (χ1) is 8.97. The summed E-state index contributed by atoms with van der Waals surface area (Å²) in [6.45, 7) is 6.20. The van der Waals surface area contributed by atoms with E-state index in [9.17, 15) is 0 Å². The Hall–Kier alpha value is -0.960. The highest BCUT2D eigenvalue weighted by molar-refractivity contribution is 7.99. The molecular weight excluding hydrogens is 274 g/mol. The lowest BCUT2D eigenvalue weighted by molar-refractivity contribution is 0.817. The van der Waals surface area contributed by atoms with Gasteiger partial charge in [0.05, 0.1) is 5.02 Å². The van der Waals surface area contributed by atoms with Crippen molar-refractivity contribution >= 4 is 23.4 Å². The summed E-state index contributed by atoms with van der Waals surface area (Å²) in [6.07, 6.45) is 0. The van der Waals surface area contributed by atoms with Gasteiger partial charge in [0.15, 0.2) is 0 Å². The van der Waals surface area contributed by atoms with Crippen LogP contribution in [-0.2, 0) is 0 Å². The minimum Gasteiger partial charge on any atom is -0.324 e. The Morgan fingerprint density at radius 2 is 1.79 bits per heavy atom. The molecule has 0 spiro atoms. The van der Waals surface area contributed by atoms with Crippen molar-refractivity contribution in [3.05, 3.63) is 58.1 Å². The van der Waals surface area contributed by atoms with Crippen molar-refractivity contribution < 1.29 is 0 Å². The second-order valence-corrected chi connectivity index (χ2v) is 6.35. The lowest BCUT2D eigenvalue weighted by Crippen LogP contribution is -2.04. The average Bonchev–Trinajstić information content (AvgIpc) is 2.36. The van der Waals surface area contributed by atoms with Crippen molar-refractivity contribution in [2.24, 2.45) is 5.73 Å². The Labute approximate surface area is 124 Å². The van der Waals surface area contributed by atoms with E-state index in [1.165, 1.54) is 16.0 Å². The number of nitrogens with two attached hydrogens (primary N) is 1. The molecule has 0 bridgehead atoms. The highest BCUT2D eigenvalue weighted by atomic mass is 35.5. The predicted molar refractivity (Wildman–Crippen MR) is 84.1 cm³/mol. The Morgan fingerprint density at radius 1 is 1.05 bits per heavy atom. The minimum absolute atomic E-state index is 0.0122. The third kappa shape index (κ3) is 3.53. The summed E-state index contributed by atoms with van der Waals surface area (Å²) in [4.78, 5) is 2.27. The predicted octanol–water partition coefficient (Wildman–Crippen LogP) is 5.13. The third-order valence-corrected chi connectivity index (χ3v) is 4.68.